The quantitative estimate of drug-likeness (QED) is 0.889. The second-order valence-corrected chi connectivity index (χ2v) is 4.07. The summed E-state index contributed by atoms with van der Waals surface area (Å²) in [6.07, 6.45) is 1.28. The van der Waals surface area contributed by atoms with Gasteiger partial charge in [-0.25, -0.2) is 14.8 Å². The van der Waals surface area contributed by atoms with Gasteiger partial charge in [0.1, 0.15) is 12.1 Å². The van der Waals surface area contributed by atoms with Crippen LogP contribution in [0, 0.1) is 0 Å². The first-order valence-corrected chi connectivity index (χ1v) is 6.05. The lowest BCUT2D eigenvalue weighted by Crippen LogP contribution is -2.23. The fraction of sp³-hybridized carbons (Fsp3) is 0.214. The molecule has 0 spiro atoms. The molecule has 1 heterocycles. The number of carboxylic acid groups (broad SMARTS) is 1. The molecule has 0 saturated heterocycles. The molecule has 2 aromatic rings. The SMILES string of the molecule is CCN(Cc1ccccc1)c1cc(C(=O)O)ncn1. The molecule has 0 aliphatic heterocycles. The number of benzene rings is 1. The zero-order valence-electron chi connectivity index (χ0n) is 10.7. The van der Waals surface area contributed by atoms with Gasteiger partial charge in [-0.3, -0.25) is 0 Å². The summed E-state index contributed by atoms with van der Waals surface area (Å²) < 4.78 is 0. The maximum atomic E-state index is 10.9. The number of aromatic carboxylic acids is 1. The van der Waals surface area contributed by atoms with Gasteiger partial charge >= 0.3 is 5.97 Å². The summed E-state index contributed by atoms with van der Waals surface area (Å²) >= 11 is 0. The molecule has 2 rings (SSSR count). The van der Waals surface area contributed by atoms with Crippen LogP contribution in [0.25, 0.3) is 0 Å². The van der Waals surface area contributed by atoms with Crippen molar-refractivity contribution in [3.05, 3.63) is 54.0 Å². The smallest absolute Gasteiger partial charge is 0.354 e. The summed E-state index contributed by atoms with van der Waals surface area (Å²) in [5.74, 6) is -0.418. The Morgan fingerprint density at radius 1 is 1.26 bits per heavy atom. The molecule has 0 fully saturated rings. The summed E-state index contributed by atoms with van der Waals surface area (Å²) in [7, 11) is 0. The minimum absolute atomic E-state index is 0.0107. The molecular weight excluding hydrogens is 242 g/mol. The van der Waals surface area contributed by atoms with Gasteiger partial charge in [-0.2, -0.15) is 0 Å². The number of carbonyl (C=O) groups is 1. The molecule has 5 heteroatoms. The molecule has 0 atom stereocenters. The lowest BCUT2D eigenvalue weighted by molar-refractivity contribution is 0.0690. The van der Waals surface area contributed by atoms with Gasteiger partial charge in [0.2, 0.25) is 0 Å². The Balaban J connectivity index is 2.22. The normalized spacial score (nSPS) is 10.2. The van der Waals surface area contributed by atoms with E-state index in [0.29, 0.717) is 12.4 Å². The van der Waals surface area contributed by atoms with Crippen molar-refractivity contribution in [2.45, 2.75) is 13.5 Å². The Bertz CT molecular complexity index is 558. The minimum atomic E-state index is -1.04. The third-order valence-corrected chi connectivity index (χ3v) is 2.79. The van der Waals surface area contributed by atoms with E-state index in [4.69, 9.17) is 5.11 Å². The summed E-state index contributed by atoms with van der Waals surface area (Å²) in [6, 6.07) is 11.5. The van der Waals surface area contributed by atoms with Gasteiger partial charge in [-0.15, -0.1) is 0 Å². The van der Waals surface area contributed by atoms with E-state index in [2.05, 4.69) is 9.97 Å². The molecule has 98 valence electrons. The Kier molecular flexibility index (Phi) is 4.07. The zero-order chi connectivity index (χ0) is 13.7. The van der Waals surface area contributed by atoms with Crippen molar-refractivity contribution in [3.8, 4) is 0 Å². The van der Waals surface area contributed by atoms with Crippen LogP contribution in [0.1, 0.15) is 23.0 Å². The number of hydrogen-bond acceptors (Lipinski definition) is 4. The molecule has 0 saturated carbocycles. The van der Waals surface area contributed by atoms with Crippen molar-refractivity contribution >= 4 is 11.8 Å². The maximum absolute atomic E-state index is 10.9. The van der Waals surface area contributed by atoms with Crippen LogP contribution >= 0.6 is 0 Å². The van der Waals surface area contributed by atoms with Crippen LogP contribution in [0.3, 0.4) is 0 Å². The zero-order valence-corrected chi connectivity index (χ0v) is 10.7. The number of nitrogens with zero attached hydrogens (tertiary/aromatic N) is 3. The van der Waals surface area contributed by atoms with E-state index < -0.39 is 5.97 Å². The molecule has 0 unspecified atom stereocenters. The molecule has 0 amide bonds. The lowest BCUT2D eigenvalue weighted by atomic mass is 10.2. The summed E-state index contributed by atoms with van der Waals surface area (Å²) in [5.41, 5.74) is 1.16. The second kappa shape index (κ2) is 5.95. The van der Waals surface area contributed by atoms with Crippen LogP contribution < -0.4 is 4.90 Å². The highest BCUT2D eigenvalue weighted by atomic mass is 16.4. The third kappa shape index (κ3) is 3.28. The van der Waals surface area contributed by atoms with E-state index in [1.807, 2.05) is 42.2 Å². The van der Waals surface area contributed by atoms with Gasteiger partial charge < -0.3 is 10.0 Å². The van der Waals surface area contributed by atoms with Crippen LogP contribution in [0.5, 0.6) is 0 Å². The molecule has 19 heavy (non-hydrogen) atoms. The van der Waals surface area contributed by atoms with E-state index in [0.717, 1.165) is 12.1 Å². The predicted octanol–water partition coefficient (Wildman–Crippen LogP) is 2.20. The number of aromatic nitrogens is 2. The van der Waals surface area contributed by atoms with Crippen molar-refractivity contribution in [2.24, 2.45) is 0 Å². The van der Waals surface area contributed by atoms with Gasteiger partial charge in [0.05, 0.1) is 0 Å². The molecule has 0 aliphatic rings. The molecule has 0 aliphatic carbocycles. The van der Waals surface area contributed by atoms with Crippen molar-refractivity contribution < 1.29 is 9.90 Å². The fourth-order valence-corrected chi connectivity index (χ4v) is 1.80. The number of carboxylic acids is 1. The Morgan fingerprint density at radius 3 is 2.63 bits per heavy atom. The van der Waals surface area contributed by atoms with Crippen molar-refractivity contribution in [1.82, 2.24) is 9.97 Å². The monoisotopic (exact) mass is 257 g/mol. The molecule has 1 aromatic carbocycles. The number of anilines is 1. The molecular formula is C14H15N3O2. The van der Waals surface area contributed by atoms with Crippen molar-refractivity contribution in [2.75, 3.05) is 11.4 Å². The third-order valence-electron chi connectivity index (χ3n) is 2.79. The lowest BCUT2D eigenvalue weighted by Gasteiger charge is -2.21. The van der Waals surface area contributed by atoms with Gasteiger partial charge in [0, 0.05) is 19.2 Å². The summed E-state index contributed by atoms with van der Waals surface area (Å²) in [6.45, 7) is 3.43. The van der Waals surface area contributed by atoms with Gasteiger partial charge in [-0.05, 0) is 12.5 Å². The van der Waals surface area contributed by atoms with E-state index in [-0.39, 0.29) is 5.69 Å². The molecule has 1 aromatic heterocycles. The Labute approximate surface area is 111 Å². The van der Waals surface area contributed by atoms with E-state index in [9.17, 15) is 4.79 Å². The molecule has 0 bridgehead atoms. The summed E-state index contributed by atoms with van der Waals surface area (Å²) in [5, 5.41) is 8.94. The average molecular weight is 257 g/mol. The van der Waals surface area contributed by atoms with Gasteiger partial charge in [0.15, 0.2) is 5.69 Å². The topological polar surface area (TPSA) is 66.3 Å². The fourth-order valence-electron chi connectivity index (χ4n) is 1.80. The summed E-state index contributed by atoms with van der Waals surface area (Å²) in [4.78, 5) is 20.8. The number of hydrogen-bond donors (Lipinski definition) is 1. The van der Waals surface area contributed by atoms with E-state index in [1.54, 1.807) is 0 Å². The first-order valence-electron chi connectivity index (χ1n) is 6.05. The average Bonchev–Trinajstić information content (AvgIpc) is 2.46. The molecule has 1 N–H and O–H groups in total. The van der Waals surface area contributed by atoms with Crippen LogP contribution in [0.15, 0.2) is 42.7 Å². The largest absolute Gasteiger partial charge is 0.477 e. The Morgan fingerprint density at radius 2 is 2.00 bits per heavy atom. The van der Waals surface area contributed by atoms with E-state index >= 15 is 0 Å². The van der Waals surface area contributed by atoms with Gasteiger partial charge in [0.25, 0.3) is 0 Å². The Hall–Kier alpha value is -2.43. The maximum Gasteiger partial charge on any atom is 0.354 e. The highest BCUT2D eigenvalue weighted by Crippen LogP contribution is 2.14. The second-order valence-electron chi connectivity index (χ2n) is 4.07. The van der Waals surface area contributed by atoms with Crippen LogP contribution in [-0.4, -0.2) is 27.6 Å². The standard InChI is InChI=1S/C14H15N3O2/c1-2-17(9-11-6-4-3-5-7-11)13-8-12(14(18)19)15-10-16-13/h3-8,10H,2,9H2,1H3,(H,18,19). The number of rotatable bonds is 5. The van der Waals surface area contributed by atoms with E-state index in [1.165, 1.54) is 12.4 Å². The van der Waals surface area contributed by atoms with Crippen molar-refractivity contribution in [3.63, 3.8) is 0 Å². The molecule has 0 radical (unpaired) electrons. The van der Waals surface area contributed by atoms with Crippen LogP contribution in [0.4, 0.5) is 5.82 Å². The minimum Gasteiger partial charge on any atom is -0.477 e. The molecule has 5 nitrogen and oxygen atoms in total. The van der Waals surface area contributed by atoms with Crippen LogP contribution in [0.2, 0.25) is 0 Å². The first-order chi connectivity index (χ1) is 9.20. The predicted molar refractivity (Wildman–Crippen MR) is 72.2 cm³/mol. The first kappa shape index (κ1) is 13.0. The van der Waals surface area contributed by atoms with Crippen molar-refractivity contribution in [1.29, 1.82) is 0 Å². The van der Waals surface area contributed by atoms with Crippen LogP contribution in [-0.2, 0) is 6.54 Å². The van der Waals surface area contributed by atoms with Gasteiger partial charge in [-0.1, -0.05) is 30.3 Å². The highest BCUT2D eigenvalue weighted by Gasteiger charge is 2.11. The highest BCUT2D eigenvalue weighted by molar-refractivity contribution is 5.86.